The lowest BCUT2D eigenvalue weighted by Crippen LogP contribution is -2.58. The van der Waals surface area contributed by atoms with Crippen LogP contribution in [0, 0.1) is 17.7 Å². The van der Waals surface area contributed by atoms with Crippen LogP contribution in [-0.2, 0) is 16.1 Å². The molecule has 0 radical (unpaired) electrons. The Balaban J connectivity index is 1.35. The number of halogens is 1. The highest BCUT2D eigenvalue weighted by Gasteiger charge is 2.38. The largest absolute Gasteiger partial charge is 0.351 e. The lowest BCUT2D eigenvalue weighted by atomic mass is 9.88. The summed E-state index contributed by atoms with van der Waals surface area (Å²) >= 11 is 0. The second-order valence-corrected chi connectivity index (χ2v) is 9.53. The maximum absolute atomic E-state index is 13.5. The van der Waals surface area contributed by atoms with Crippen LogP contribution >= 0.6 is 0 Å². The van der Waals surface area contributed by atoms with E-state index in [1.54, 1.807) is 6.07 Å². The first kappa shape index (κ1) is 22.3. The number of carbonyl (C=O) groups is 2. The Morgan fingerprint density at radius 3 is 2.32 bits per heavy atom. The summed E-state index contributed by atoms with van der Waals surface area (Å²) in [6, 6.07) is 6.25. The van der Waals surface area contributed by atoms with Crippen molar-refractivity contribution in [2.75, 3.05) is 26.2 Å². The van der Waals surface area contributed by atoms with Gasteiger partial charge in [-0.3, -0.25) is 14.5 Å². The maximum Gasteiger partial charge on any atom is 0.237 e. The molecule has 1 saturated heterocycles. The number of nitrogens with one attached hydrogen (secondary N) is 1. The Labute approximate surface area is 185 Å². The third-order valence-electron chi connectivity index (χ3n) is 7.44. The molecule has 1 aliphatic heterocycles. The zero-order valence-electron chi connectivity index (χ0n) is 18.5. The van der Waals surface area contributed by atoms with Crippen molar-refractivity contribution in [2.24, 2.45) is 11.8 Å². The number of hydrogen-bond donors (Lipinski definition) is 1. The van der Waals surface area contributed by atoms with Crippen LogP contribution < -0.4 is 5.32 Å². The monoisotopic (exact) mass is 429 g/mol. The van der Waals surface area contributed by atoms with E-state index < -0.39 is 0 Å². The van der Waals surface area contributed by atoms with Gasteiger partial charge in [-0.25, -0.2) is 4.39 Å². The van der Waals surface area contributed by atoms with Crippen molar-refractivity contribution in [3.63, 3.8) is 0 Å². The molecule has 3 fully saturated rings. The average molecular weight is 430 g/mol. The third-order valence-corrected chi connectivity index (χ3v) is 7.44. The fourth-order valence-electron chi connectivity index (χ4n) is 5.72. The van der Waals surface area contributed by atoms with Crippen LogP contribution in [-0.4, -0.2) is 53.8 Å². The summed E-state index contributed by atoms with van der Waals surface area (Å²) in [6.45, 7) is 3.30. The zero-order valence-corrected chi connectivity index (χ0v) is 18.5. The van der Waals surface area contributed by atoms with Crippen LogP contribution in [0.25, 0.3) is 0 Å². The summed E-state index contributed by atoms with van der Waals surface area (Å²) in [6.07, 6.45) is 10.2. The fourth-order valence-corrected chi connectivity index (χ4v) is 5.72. The van der Waals surface area contributed by atoms with Crippen molar-refractivity contribution in [3.05, 3.63) is 35.6 Å². The van der Waals surface area contributed by atoms with Gasteiger partial charge < -0.3 is 10.2 Å². The minimum absolute atomic E-state index is 0.0446. The number of amides is 2. The quantitative estimate of drug-likeness (QED) is 0.750. The minimum atomic E-state index is -0.280. The SMILES string of the molecule is O=C(NCc1cccc(F)c1)C(C1CCCC1)N1CCN(C(=O)C2CCCCC2)CC1. The van der Waals surface area contributed by atoms with E-state index in [0.29, 0.717) is 18.4 Å². The second-order valence-electron chi connectivity index (χ2n) is 9.53. The molecule has 1 atom stereocenters. The van der Waals surface area contributed by atoms with Gasteiger partial charge in [0.15, 0.2) is 0 Å². The average Bonchev–Trinajstić information content (AvgIpc) is 3.33. The molecule has 4 rings (SSSR count). The number of piperazine rings is 1. The molecule has 2 amide bonds. The first-order valence-corrected chi connectivity index (χ1v) is 12.2. The van der Waals surface area contributed by atoms with E-state index in [2.05, 4.69) is 10.2 Å². The van der Waals surface area contributed by atoms with Crippen molar-refractivity contribution in [3.8, 4) is 0 Å². The minimum Gasteiger partial charge on any atom is -0.351 e. The van der Waals surface area contributed by atoms with Crippen molar-refractivity contribution in [2.45, 2.75) is 70.4 Å². The topological polar surface area (TPSA) is 52.7 Å². The number of nitrogens with zero attached hydrogens (tertiary/aromatic N) is 2. The second kappa shape index (κ2) is 10.6. The maximum atomic E-state index is 13.5. The van der Waals surface area contributed by atoms with Gasteiger partial charge in [-0.1, -0.05) is 44.2 Å². The Bertz CT molecular complexity index is 751. The molecule has 0 bridgehead atoms. The molecular formula is C25H36FN3O2. The molecule has 1 heterocycles. The molecule has 5 nitrogen and oxygen atoms in total. The van der Waals surface area contributed by atoms with Gasteiger partial charge in [-0.15, -0.1) is 0 Å². The molecule has 2 saturated carbocycles. The van der Waals surface area contributed by atoms with Crippen molar-refractivity contribution in [1.82, 2.24) is 15.1 Å². The molecule has 1 unspecified atom stereocenters. The first-order chi connectivity index (χ1) is 15.1. The summed E-state index contributed by atoms with van der Waals surface area (Å²) in [5.74, 6) is 0.669. The summed E-state index contributed by atoms with van der Waals surface area (Å²) in [5, 5.41) is 3.06. The van der Waals surface area contributed by atoms with E-state index in [1.165, 1.54) is 44.2 Å². The van der Waals surface area contributed by atoms with Gasteiger partial charge in [0.2, 0.25) is 11.8 Å². The highest BCUT2D eigenvalue weighted by Crippen LogP contribution is 2.32. The van der Waals surface area contributed by atoms with E-state index in [9.17, 15) is 14.0 Å². The molecule has 3 aliphatic rings. The molecule has 1 aromatic carbocycles. The third kappa shape index (κ3) is 5.65. The van der Waals surface area contributed by atoms with Gasteiger partial charge in [0.25, 0.3) is 0 Å². The number of rotatable bonds is 6. The summed E-state index contributed by atoms with van der Waals surface area (Å²) in [4.78, 5) is 30.5. The van der Waals surface area contributed by atoms with Gasteiger partial charge >= 0.3 is 0 Å². The zero-order chi connectivity index (χ0) is 21.6. The normalized spacial score (nSPS) is 22.4. The van der Waals surface area contributed by atoms with Crippen LogP contribution in [0.5, 0.6) is 0 Å². The Morgan fingerprint density at radius 1 is 0.968 bits per heavy atom. The van der Waals surface area contributed by atoms with Gasteiger partial charge in [-0.2, -0.15) is 0 Å². The number of hydrogen-bond acceptors (Lipinski definition) is 3. The molecule has 6 heteroatoms. The van der Waals surface area contributed by atoms with Crippen LogP contribution in [0.3, 0.4) is 0 Å². The highest BCUT2D eigenvalue weighted by molar-refractivity contribution is 5.82. The fraction of sp³-hybridized carbons (Fsp3) is 0.680. The Morgan fingerprint density at radius 2 is 1.65 bits per heavy atom. The number of carbonyl (C=O) groups excluding carboxylic acids is 2. The van der Waals surface area contributed by atoms with Crippen LogP contribution in [0.1, 0.15) is 63.4 Å². The van der Waals surface area contributed by atoms with Crippen molar-refractivity contribution in [1.29, 1.82) is 0 Å². The van der Waals surface area contributed by atoms with Crippen molar-refractivity contribution >= 4 is 11.8 Å². The molecule has 1 N–H and O–H groups in total. The Kier molecular flexibility index (Phi) is 7.59. The van der Waals surface area contributed by atoms with E-state index in [4.69, 9.17) is 0 Å². The standard InChI is InChI=1S/C25H36FN3O2/c26-22-12-6-7-19(17-22)18-27-24(30)23(20-8-4-5-9-20)28-13-15-29(16-14-28)25(31)21-10-2-1-3-11-21/h6-7,12,17,20-21,23H,1-5,8-11,13-16,18H2,(H,27,30). The van der Waals surface area contributed by atoms with Gasteiger partial charge in [0, 0.05) is 38.6 Å². The smallest absolute Gasteiger partial charge is 0.237 e. The van der Waals surface area contributed by atoms with Crippen LogP contribution in [0.15, 0.2) is 24.3 Å². The molecule has 0 aromatic heterocycles. The van der Waals surface area contributed by atoms with Gasteiger partial charge in [0.1, 0.15) is 5.82 Å². The lowest BCUT2D eigenvalue weighted by molar-refractivity contribution is -0.139. The molecule has 170 valence electrons. The van der Waals surface area contributed by atoms with Gasteiger partial charge in [0.05, 0.1) is 6.04 Å². The molecular weight excluding hydrogens is 393 g/mol. The molecule has 31 heavy (non-hydrogen) atoms. The summed E-state index contributed by atoms with van der Waals surface area (Å²) in [7, 11) is 0. The number of benzene rings is 1. The summed E-state index contributed by atoms with van der Waals surface area (Å²) in [5.41, 5.74) is 0.779. The Hall–Kier alpha value is -1.95. The lowest BCUT2D eigenvalue weighted by Gasteiger charge is -2.41. The molecule has 2 aliphatic carbocycles. The molecule has 1 aromatic rings. The molecule has 0 spiro atoms. The predicted octanol–water partition coefficient (Wildman–Crippen LogP) is 3.73. The van der Waals surface area contributed by atoms with E-state index in [1.807, 2.05) is 11.0 Å². The first-order valence-electron chi connectivity index (χ1n) is 12.2. The van der Waals surface area contributed by atoms with Crippen molar-refractivity contribution < 1.29 is 14.0 Å². The van der Waals surface area contributed by atoms with Crippen LogP contribution in [0.4, 0.5) is 4.39 Å². The van der Waals surface area contributed by atoms with Gasteiger partial charge in [-0.05, 0) is 49.3 Å². The highest BCUT2D eigenvalue weighted by atomic mass is 19.1. The van der Waals surface area contributed by atoms with E-state index >= 15 is 0 Å². The summed E-state index contributed by atoms with van der Waals surface area (Å²) < 4.78 is 13.5. The van der Waals surface area contributed by atoms with E-state index in [-0.39, 0.29) is 23.7 Å². The van der Waals surface area contributed by atoms with Crippen LogP contribution in [0.2, 0.25) is 0 Å². The van der Waals surface area contributed by atoms with E-state index in [0.717, 1.165) is 57.4 Å². The predicted molar refractivity (Wildman–Crippen MR) is 119 cm³/mol.